The number of carboxylic acid groups (broad SMARTS) is 1. The summed E-state index contributed by atoms with van der Waals surface area (Å²) in [5, 5.41) is 15.2. The highest BCUT2D eigenvalue weighted by molar-refractivity contribution is 7.14. The van der Waals surface area contributed by atoms with Gasteiger partial charge >= 0.3 is 5.97 Å². The first-order valence-corrected chi connectivity index (χ1v) is 13.5. The number of morpholine rings is 1. The van der Waals surface area contributed by atoms with E-state index < -0.39 is 5.97 Å². The Bertz CT molecular complexity index is 1210. The molecule has 0 saturated carbocycles. The number of fused-ring (bicyclic) bond motifs is 3. The molecule has 0 amide bonds. The molecule has 0 radical (unpaired) electrons. The fraction of sp³-hybridized carbons (Fsp3) is 0.379. The van der Waals surface area contributed by atoms with Gasteiger partial charge in [-0.15, -0.1) is 11.3 Å². The standard InChI is InChI=1S/C16H17NO2S.C13H15NO2/c1-17-15-14(16(18)19)13(9-20-15)12-7-6-10-4-2-3-5-11(10)8-12;15-7-10-1-3-11(4-2-10)14-12-5-6-13(14)9-16-8-12/h2-5,9,12,17H,6-8H2,1H3,(H,18,19);1-4,7,12-13H,5-6,8-9H2. The highest BCUT2D eigenvalue weighted by Crippen LogP contribution is 2.39. The molecule has 0 spiro atoms. The van der Waals surface area contributed by atoms with Crippen LogP contribution in [-0.2, 0) is 17.6 Å². The summed E-state index contributed by atoms with van der Waals surface area (Å²) < 4.78 is 5.56. The maximum atomic E-state index is 11.5. The number of ether oxygens (including phenoxy) is 1. The molecule has 3 atom stereocenters. The van der Waals surface area contributed by atoms with Crippen molar-refractivity contribution in [1.82, 2.24) is 0 Å². The lowest BCUT2D eigenvalue weighted by molar-refractivity contribution is 0.0696. The summed E-state index contributed by atoms with van der Waals surface area (Å²) in [7, 11) is 1.78. The van der Waals surface area contributed by atoms with E-state index in [0.29, 0.717) is 23.6 Å². The molecular formula is C29H32N2O4S. The van der Waals surface area contributed by atoms with E-state index in [-0.39, 0.29) is 0 Å². The first-order chi connectivity index (χ1) is 17.6. The van der Waals surface area contributed by atoms with E-state index in [1.807, 2.05) is 29.6 Å². The van der Waals surface area contributed by atoms with Crippen LogP contribution < -0.4 is 10.2 Å². The Labute approximate surface area is 215 Å². The number of aryl methyl sites for hydroxylation is 1. The number of hydrogen-bond donors (Lipinski definition) is 2. The number of hydrogen-bond acceptors (Lipinski definition) is 6. The van der Waals surface area contributed by atoms with Gasteiger partial charge in [0.15, 0.2) is 0 Å². The molecule has 2 aliphatic heterocycles. The number of thiophene rings is 1. The van der Waals surface area contributed by atoms with Crippen molar-refractivity contribution >= 4 is 34.3 Å². The SMILES string of the molecule is CNc1scc(C2CCc3ccccc3C2)c1C(=O)O.O=Cc1ccc(N2C3CCC2COC3)cc1. The minimum Gasteiger partial charge on any atom is -0.478 e. The van der Waals surface area contributed by atoms with Crippen LogP contribution in [0.1, 0.15) is 62.6 Å². The number of carboxylic acids is 1. The predicted octanol–water partition coefficient (Wildman–Crippen LogP) is 5.63. The zero-order valence-electron chi connectivity index (χ0n) is 20.5. The van der Waals surface area contributed by atoms with Gasteiger partial charge < -0.3 is 20.1 Å². The highest BCUT2D eigenvalue weighted by atomic mass is 32.1. The molecule has 7 heteroatoms. The topological polar surface area (TPSA) is 78.9 Å². The van der Waals surface area contributed by atoms with Crippen LogP contribution in [0.5, 0.6) is 0 Å². The summed E-state index contributed by atoms with van der Waals surface area (Å²) in [5.41, 5.74) is 6.18. The lowest BCUT2D eigenvalue weighted by Crippen LogP contribution is -2.45. The Morgan fingerprint density at radius 2 is 1.75 bits per heavy atom. The quantitative estimate of drug-likeness (QED) is 0.439. The largest absolute Gasteiger partial charge is 0.478 e. The van der Waals surface area contributed by atoms with Crippen LogP contribution in [0.3, 0.4) is 0 Å². The van der Waals surface area contributed by atoms with Gasteiger partial charge in [-0.2, -0.15) is 0 Å². The van der Waals surface area contributed by atoms with Crippen LogP contribution in [0.4, 0.5) is 10.7 Å². The van der Waals surface area contributed by atoms with Crippen molar-refractivity contribution < 1.29 is 19.4 Å². The smallest absolute Gasteiger partial charge is 0.338 e. The second-order valence-electron chi connectivity index (χ2n) is 9.70. The summed E-state index contributed by atoms with van der Waals surface area (Å²) >= 11 is 1.49. The van der Waals surface area contributed by atoms with E-state index in [1.54, 1.807) is 7.05 Å². The lowest BCUT2D eigenvalue weighted by atomic mass is 9.80. The molecule has 1 aromatic heterocycles. The third-order valence-electron chi connectivity index (χ3n) is 7.61. The molecular weight excluding hydrogens is 472 g/mol. The summed E-state index contributed by atoms with van der Waals surface area (Å²) in [4.78, 5) is 24.6. The van der Waals surface area contributed by atoms with Crippen LogP contribution in [0.25, 0.3) is 0 Å². The molecule has 3 heterocycles. The van der Waals surface area contributed by atoms with Crippen molar-refractivity contribution in [1.29, 1.82) is 0 Å². The zero-order valence-corrected chi connectivity index (χ0v) is 21.3. The van der Waals surface area contributed by atoms with Crippen molar-refractivity contribution in [2.24, 2.45) is 0 Å². The third kappa shape index (κ3) is 4.90. The minimum atomic E-state index is -0.829. The van der Waals surface area contributed by atoms with Gasteiger partial charge in [0.25, 0.3) is 0 Å². The Morgan fingerprint density at radius 1 is 1.06 bits per heavy atom. The van der Waals surface area contributed by atoms with E-state index in [0.717, 1.165) is 54.9 Å². The normalized spacial score (nSPS) is 22.2. The van der Waals surface area contributed by atoms with Gasteiger partial charge in [-0.05, 0) is 84.4 Å². The fourth-order valence-electron chi connectivity index (χ4n) is 5.81. The minimum absolute atomic E-state index is 0.314. The second-order valence-corrected chi connectivity index (χ2v) is 10.6. The lowest BCUT2D eigenvalue weighted by Gasteiger charge is -2.36. The predicted molar refractivity (Wildman–Crippen MR) is 144 cm³/mol. The summed E-state index contributed by atoms with van der Waals surface area (Å²) in [6.45, 7) is 1.68. The molecule has 3 unspecified atom stereocenters. The summed E-state index contributed by atoms with van der Waals surface area (Å²) in [6.07, 6.45) is 6.33. The van der Waals surface area contributed by atoms with Gasteiger partial charge in [0.1, 0.15) is 11.3 Å². The number of benzene rings is 2. The Kier molecular flexibility index (Phi) is 7.39. The number of carbonyl (C=O) groups is 2. The van der Waals surface area contributed by atoms with Crippen molar-refractivity contribution in [2.45, 2.75) is 50.1 Å². The van der Waals surface area contributed by atoms with Gasteiger partial charge in [0, 0.05) is 18.3 Å². The van der Waals surface area contributed by atoms with E-state index in [1.165, 1.54) is 41.0 Å². The van der Waals surface area contributed by atoms with E-state index in [2.05, 4.69) is 34.5 Å². The second kappa shape index (κ2) is 10.8. The average molecular weight is 505 g/mol. The van der Waals surface area contributed by atoms with Crippen molar-refractivity contribution in [3.05, 3.63) is 81.7 Å². The van der Waals surface area contributed by atoms with Crippen LogP contribution in [0, 0.1) is 0 Å². The molecule has 2 fully saturated rings. The molecule has 2 aromatic carbocycles. The van der Waals surface area contributed by atoms with E-state index >= 15 is 0 Å². The fourth-order valence-corrected chi connectivity index (χ4v) is 6.81. The summed E-state index contributed by atoms with van der Waals surface area (Å²) in [6, 6.07) is 17.4. The molecule has 188 valence electrons. The highest BCUT2D eigenvalue weighted by Gasteiger charge is 2.37. The molecule has 6 rings (SSSR count). The number of carbonyl (C=O) groups excluding carboxylic acids is 1. The molecule has 3 aliphatic rings. The van der Waals surface area contributed by atoms with Gasteiger partial charge in [0.2, 0.25) is 0 Å². The van der Waals surface area contributed by atoms with E-state index in [9.17, 15) is 14.7 Å². The Balaban J connectivity index is 0.000000152. The average Bonchev–Trinajstić information content (AvgIpc) is 3.46. The number of nitrogens with zero attached hydrogens (tertiary/aromatic N) is 1. The number of nitrogens with one attached hydrogen (secondary N) is 1. The number of aromatic carboxylic acids is 1. The van der Waals surface area contributed by atoms with Crippen LogP contribution in [-0.4, -0.2) is 49.7 Å². The molecule has 2 N–H and O–H groups in total. The van der Waals surface area contributed by atoms with Crippen LogP contribution in [0.2, 0.25) is 0 Å². The van der Waals surface area contributed by atoms with Gasteiger partial charge in [-0.1, -0.05) is 24.3 Å². The third-order valence-corrected chi connectivity index (χ3v) is 8.63. The number of anilines is 2. The first kappa shape index (κ1) is 24.5. The van der Waals surface area contributed by atoms with Crippen LogP contribution in [0.15, 0.2) is 53.9 Å². The van der Waals surface area contributed by atoms with Gasteiger partial charge in [-0.25, -0.2) is 4.79 Å². The number of rotatable bonds is 5. The maximum absolute atomic E-state index is 11.5. The molecule has 2 bridgehead atoms. The van der Waals surface area contributed by atoms with Crippen molar-refractivity contribution in [2.75, 3.05) is 30.5 Å². The molecule has 2 saturated heterocycles. The number of aldehydes is 1. The Morgan fingerprint density at radius 3 is 2.39 bits per heavy atom. The van der Waals surface area contributed by atoms with Crippen LogP contribution >= 0.6 is 11.3 Å². The first-order valence-electron chi connectivity index (χ1n) is 12.6. The van der Waals surface area contributed by atoms with Crippen molar-refractivity contribution in [3.63, 3.8) is 0 Å². The zero-order chi connectivity index (χ0) is 25.1. The maximum Gasteiger partial charge on any atom is 0.338 e. The molecule has 3 aromatic rings. The molecule has 6 nitrogen and oxygen atoms in total. The van der Waals surface area contributed by atoms with Gasteiger partial charge in [-0.3, -0.25) is 4.79 Å². The molecule has 1 aliphatic carbocycles. The van der Waals surface area contributed by atoms with E-state index in [4.69, 9.17) is 4.74 Å². The molecule has 36 heavy (non-hydrogen) atoms. The Hall–Kier alpha value is -3.16. The van der Waals surface area contributed by atoms with Crippen molar-refractivity contribution in [3.8, 4) is 0 Å². The van der Waals surface area contributed by atoms with Gasteiger partial charge in [0.05, 0.1) is 30.9 Å². The summed E-state index contributed by atoms with van der Waals surface area (Å²) in [5.74, 6) is -0.515. The monoisotopic (exact) mass is 504 g/mol.